The Bertz CT molecular complexity index is 401. The molecule has 0 aliphatic carbocycles. The SMILES string of the molecule is CCc1nnc(NC(C)CN2CCCC2)nc1CC. The van der Waals surface area contributed by atoms with Gasteiger partial charge in [0, 0.05) is 12.6 Å². The highest BCUT2D eigenvalue weighted by atomic mass is 15.3. The lowest BCUT2D eigenvalue weighted by atomic mass is 10.2. The molecule has 1 saturated heterocycles. The van der Waals surface area contributed by atoms with E-state index in [1.54, 1.807) is 0 Å². The van der Waals surface area contributed by atoms with Gasteiger partial charge in [0.1, 0.15) is 0 Å². The van der Waals surface area contributed by atoms with Crippen LogP contribution < -0.4 is 5.32 Å². The highest BCUT2D eigenvalue weighted by Crippen LogP contribution is 2.10. The fourth-order valence-corrected chi connectivity index (χ4v) is 2.62. The van der Waals surface area contributed by atoms with Gasteiger partial charge in [-0.2, -0.15) is 5.10 Å². The molecule has 0 saturated carbocycles. The van der Waals surface area contributed by atoms with E-state index < -0.39 is 0 Å². The molecule has 1 N–H and O–H groups in total. The average molecular weight is 263 g/mol. The third-order valence-corrected chi connectivity index (χ3v) is 3.62. The molecule has 1 aliphatic heterocycles. The zero-order chi connectivity index (χ0) is 13.7. The smallest absolute Gasteiger partial charge is 0.243 e. The van der Waals surface area contributed by atoms with Crippen LogP contribution in [0, 0.1) is 0 Å². The van der Waals surface area contributed by atoms with Crippen molar-refractivity contribution >= 4 is 5.95 Å². The molecule has 5 heteroatoms. The summed E-state index contributed by atoms with van der Waals surface area (Å²) in [6.07, 6.45) is 4.46. The van der Waals surface area contributed by atoms with Crippen LogP contribution in [0.25, 0.3) is 0 Å². The molecule has 1 unspecified atom stereocenters. The minimum absolute atomic E-state index is 0.358. The van der Waals surface area contributed by atoms with Crippen LogP contribution in [0.1, 0.15) is 45.0 Å². The topological polar surface area (TPSA) is 53.9 Å². The fraction of sp³-hybridized carbons (Fsp3) is 0.786. The summed E-state index contributed by atoms with van der Waals surface area (Å²) in [6, 6.07) is 0.358. The number of likely N-dealkylation sites (tertiary alicyclic amines) is 1. The number of aryl methyl sites for hydroxylation is 2. The number of aromatic nitrogens is 3. The summed E-state index contributed by atoms with van der Waals surface area (Å²) in [5.41, 5.74) is 2.08. The van der Waals surface area contributed by atoms with Crippen LogP contribution in [0.5, 0.6) is 0 Å². The number of rotatable bonds is 6. The molecule has 0 spiro atoms. The van der Waals surface area contributed by atoms with Gasteiger partial charge in [0.25, 0.3) is 0 Å². The van der Waals surface area contributed by atoms with Crippen molar-refractivity contribution in [1.82, 2.24) is 20.1 Å². The maximum Gasteiger partial charge on any atom is 0.243 e. The van der Waals surface area contributed by atoms with Gasteiger partial charge in [0.15, 0.2) is 0 Å². The largest absolute Gasteiger partial charge is 0.349 e. The molecule has 106 valence electrons. The second-order valence-electron chi connectivity index (χ2n) is 5.29. The Hall–Kier alpha value is -1.23. The lowest BCUT2D eigenvalue weighted by Gasteiger charge is -2.21. The van der Waals surface area contributed by atoms with Crippen molar-refractivity contribution in [3.8, 4) is 0 Å². The van der Waals surface area contributed by atoms with Crippen molar-refractivity contribution in [2.75, 3.05) is 25.0 Å². The molecule has 0 aromatic carbocycles. The van der Waals surface area contributed by atoms with Gasteiger partial charge in [-0.25, -0.2) is 4.98 Å². The minimum atomic E-state index is 0.358. The molecule has 19 heavy (non-hydrogen) atoms. The van der Waals surface area contributed by atoms with E-state index in [9.17, 15) is 0 Å². The first-order valence-electron chi connectivity index (χ1n) is 7.44. The standard InChI is InChI=1S/C14H25N5/c1-4-12-13(5-2)17-18-14(16-12)15-11(3)10-19-8-6-7-9-19/h11H,4-10H2,1-3H3,(H,15,16,18). The van der Waals surface area contributed by atoms with Gasteiger partial charge < -0.3 is 10.2 Å². The molecule has 1 aromatic rings. The van der Waals surface area contributed by atoms with E-state index in [1.165, 1.54) is 25.9 Å². The second kappa shape index (κ2) is 6.80. The molecule has 0 amide bonds. The molecule has 5 nitrogen and oxygen atoms in total. The van der Waals surface area contributed by atoms with Crippen molar-refractivity contribution < 1.29 is 0 Å². The normalized spacial score (nSPS) is 17.6. The van der Waals surface area contributed by atoms with Crippen LogP contribution in [-0.2, 0) is 12.8 Å². The Labute approximate surface area is 115 Å². The predicted octanol–water partition coefficient (Wildman–Crippen LogP) is 1.89. The Balaban J connectivity index is 1.94. The van der Waals surface area contributed by atoms with E-state index in [2.05, 4.69) is 46.2 Å². The predicted molar refractivity (Wildman–Crippen MR) is 77.3 cm³/mol. The molecule has 2 rings (SSSR count). The Morgan fingerprint density at radius 3 is 2.42 bits per heavy atom. The zero-order valence-electron chi connectivity index (χ0n) is 12.3. The van der Waals surface area contributed by atoms with Crippen LogP contribution >= 0.6 is 0 Å². The highest BCUT2D eigenvalue weighted by Gasteiger charge is 2.15. The van der Waals surface area contributed by atoms with E-state index in [0.717, 1.165) is 30.8 Å². The summed E-state index contributed by atoms with van der Waals surface area (Å²) in [7, 11) is 0. The molecule has 0 radical (unpaired) electrons. The van der Waals surface area contributed by atoms with E-state index in [-0.39, 0.29) is 0 Å². The Kier molecular flexibility index (Phi) is 5.07. The van der Waals surface area contributed by atoms with Crippen molar-refractivity contribution in [3.63, 3.8) is 0 Å². The number of nitrogens with zero attached hydrogens (tertiary/aromatic N) is 4. The van der Waals surface area contributed by atoms with Crippen molar-refractivity contribution in [3.05, 3.63) is 11.4 Å². The van der Waals surface area contributed by atoms with Crippen LogP contribution in [0.15, 0.2) is 0 Å². The first-order chi connectivity index (χ1) is 9.22. The molecule has 0 bridgehead atoms. The lowest BCUT2D eigenvalue weighted by molar-refractivity contribution is 0.327. The van der Waals surface area contributed by atoms with Crippen molar-refractivity contribution in [2.45, 2.75) is 52.5 Å². The molecule has 1 aromatic heterocycles. The summed E-state index contributed by atoms with van der Waals surface area (Å²) in [6.45, 7) is 9.89. The molecule has 1 atom stereocenters. The van der Waals surface area contributed by atoms with E-state index in [1.807, 2.05) is 0 Å². The lowest BCUT2D eigenvalue weighted by Crippen LogP contribution is -2.33. The van der Waals surface area contributed by atoms with Crippen LogP contribution in [0.3, 0.4) is 0 Å². The van der Waals surface area contributed by atoms with Gasteiger partial charge >= 0.3 is 0 Å². The zero-order valence-corrected chi connectivity index (χ0v) is 12.3. The monoisotopic (exact) mass is 263 g/mol. The van der Waals surface area contributed by atoms with Crippen molar-refractivity contribution in [1.29, 1.82) is 0 Å². The van der Waals surface area contributed by atoms with E-state index in [4.69, 9.17) is 0 Å². The van der Waals surface area contributed by atoms with Gasteiger partial charge in [-0.1, -0.05) is 13.8 Å². The summed E-state index contributed by atoms with van der Waals surface area (Å²) >= 11 is 0. The quantitative estimate of drug-likeness (QED) is 0.849. The first-order valence-corrected chi connectivity index (χ1v) is 7.44. The third-order valence-electron chi connectivity index (χ3n) is 3.62. The van der Waals surface area contributed by atoms with E-state index in [0.29, 0.717) is 12.0 Å². The highest BCUT2D eigenvalue weighted by molar-refractivity contribution is 5.27. The van der Waals surface area contributed by atoms with Gasteiger partial charge in [-0.05, 0) is 45.7 Å². The average Bonchev–Trinajstić information content (AvgIpc) is 2.91. The summed E-state index contributed by atoms with van der Waals surface area (Å²) in [5.74, 6) is 0.667. The van der Waals surface area contributed by atoms with Crippen LogP contribution in [0.2, 0.25) is 0 Å². The number of hydrogen-bond acceptors (Lipinski definition) is 5. The summed E-state index contributed by atoms with van der Waals surface area (Å²) in [4.78, 5) is 7.07. The van der Waals surface area contributed by atoms with Gasteiger partial charge in [-0.3, -0.25) is 0 Å². The van der Waals surface area contributed by atoms with Gasteiger partial charge in [0.2, 0.25) is 5.95 Å². The maximum absolute atomic E-state index is 4.57. The van der Waals surface area contributed by atoms with Crippen LogP contribution in [0.4, 0.5) is 5.95 Å². The minimum Gasteiger partial charge on any atom is -0.349 e. The van der Waals surface area contributed by atoms with Crippen LogP contribution in [-0.4, -0.2) is 45.8 Å². The molecule has 2 heterocycles. The first kappa shape index (κ1) is 14.2. The second-order valence-corrected chi connectivity index (χ2v) is 5.29. The molecule has 1 fully saturated rings. The van der Waals surface area contributed by atoms with Gasteiger partial charge in [0.05, 0.1) is 11.4 Å². The summed E-state index contributed by atoms with van der Waals surface area (Å²) in [5, 5.41) is 11.8. The molecular formula is C14H25N5. The third kappa shape index (κ3) is 3.86. The molecular weight excluding hydrogens is 238 g/mol. The fourth-order valence-electron chi connectivity index (χ4n) is 2.62. The van der Waals surface area contributed by atoms with Gasteiger partial charge in [-0.15, -0.1) is 5.10 Å². The number of hydrogen-bond donors (Lipinski definition) is 1. The maximum atomic E-state index is 4.57. The van der Waals surface area contributed by atoms with Crippen molar-refractivity contribution in [2.24, 2.45) is 0 Å². The number of nitrogens with one attached hydrogen (secondary N) is 1. The molecule has 1 aliphatic rings. The van der Waals surface area contributed by atoms with E-state index >= 15 is 0 Å². The number of anilines is 1. The summed E-state index contributed by atoms with van der Waals surface area (Å²) < 4.78 is 0. The Morgan fingerprint density at radius 2 is 1.79 bits per heavy atom. The Morgan fingerprint density at radius 1 is 1.11 bits per heavy atom.